The fourth-order valence-electron chi connectivity index (χ4n) is 4.13. The number of likely N-dealkylation sites (tertiary alicyclic amines) is 1. The lowest BCUT2D eigenvalue weighted by molar-refractivity contribution is 0.125. The number of rotatable bonds is 5. The van der Waals surface area contributed by atoms with Crippen LogP contribution >= 0.6 is 35.6 Å². The number of benzene rings is 1. The molecular weight excluding hydrogens is 471 g/mol. The summed E-state index contributed by atoms with van der Waals surface area (Å²) in [6.45, 7) is 4.96. The normalized spacial score (nSPS) is 23.9. The lowest BCUT2D eigenvalue weighted by Gasteiger charge is -2.39. The Labute approximate surface area is 185 Å². The van der Waals surface area contributed by atoms with Crippen molar-refractivity contribution in [3.63, 3.8) is 0 Å². The number of nitrogens with one attached hydrogen (secondary N) is 2. The maximum absolute atomic E-state index is 6.25. The molecule has 1 aliphatic heterocycles. The Hall–Kier alpha value is -0.790. The monoisotopic (exact) mass is 502 g/mol. The van der Waals surface area contributed by atoms with Gasteiger partial charge in [0.2, 0.25) is 0 Å². The summed E-state index contributed by atoms with van der Waals surface area (Å²) in [4.78, 5) is 7.40. The van der Waals surface area contributed by atoms with E-state index in [0.717, 1.165) is 43.5 Å². The van der Waals surface area contributed by atoms with Crippen LogP contribution in [0.3, 0.4) is 0 Å². The molecule has 0 bridgehead atoms. The van der Waals surface area contributed by atoms with E-state index in [4.69, 9.17) is 16.6 Å². The van der Waals surface area contributed by atoms with Gasteiger partial charge < -0.3 is 10.6 Å². The maximum Gasteiger partial charge on any atom is 0.191 e. The molecule has 2 atom stereocenters. The fraction of sp³-hybridized carbons (Fsp3) is 0.571. The highest BCUT2D eigenvalue weighted by Crippen LogP contribution is 2.36. The lowest BCUT2D eigenvalue weighted by atomic mass is 9.85. The highest BCUT2D eigenvalue weighted by Gasteiger charge is 2.30. The summed E-state index contributed by atoms with van der Waals surface area (Å²) >= 11 is 6.25. The summed E-state index contributed by atoms with van der Waals surface area (Å²) in [6.07, 6.45) is 9.09. The van der Waals surface area contributed by atoms with Crippen LogP contribution in [0.1, 0.15) is 44.2 Å². The van der Waals surface area contributed by atoms with Crippen molar-refractivity contribution in [2.45, 2.75) is 44.7 Å². The van der Waals surface area contributed by atoms with E-state index < -0.39 is 0 Å². The quantitative estimate of drug-likeness (QED) is 0.267. The molecule has 0 aromatic heterocycles. The first-order valence-corrected chi connectivity index (χ1v) is 10.2. The SMILES string of the molecule is CCNC(=NCC1CCCN(C)C1c1cccc(Cl)c1)NC1CC=CC1.I. The van der Waals surface area contributed by atoms with Gasteiger partial charge >= 0.3 is 0 Å². The second kappa shape index (κ2) is 11.3. The van der Waals surface area contributed by atoms with Crippen LogP contribution in [-0.4, -0.2) is 43.6 Å². The van der Waals surface area contributed by atoms with Crippen molar-refractivity contribution >= 4 is 41.5 Å². The summed E-state index contributed by atoms with van der Waals surface area (Å²) in [7, 11) is 2.22. The molecule has 0 radical (unpaired) electrons. The van der Waals surface area contributed by atoms with Gasteiger partial charge in [-0.25, -0.2) is 0 Å². The van der Waals surface area contributed by atoms with Gasteiger partial charge in [-0.1, -0.05) is 35.9 Å². The summed E-state index contributed by atoms with van der Waals surface area (Å²) < 4.78 is 0. The third kappa shape index (κ3) is 6.36. The smallest absolute Gasteiger partial charge is 0.191 e. The molecule has 2 aliphatic rings. The third-order valence-electron chi connectivity index (χ3n) is 5.37. The molecule has 1 heterocycles. The number of aliphatic imine (C=N–C) groups is 1. The average molecular weight is 503 g/mol. The van der Waals surface area contributed by atoms with Gasteiger partial charge in [-0.05, 0) is 69.8 Å². The molecule has 0 spiro atoms. The van der Waals surface area contributed by atoms with E-state index in [2.05, 4.69) is 59.9 Å². The molecule has 1 saturated heterocycles. The maximum atomic E-state index is 6.25. The Bertz CT molecular complexity index is 641. The lowest BCUT2D eigenvalue weighted by Crippen LogP contribution is -2.43. The number of nitrogens with zero attached hydrogens (tertiary/aromatic N) is 2. The third-order valence-corrected chi connectivity index (χ3v) is 5.61. The minimum Gasteiger partial charge on any atom is -0.357 e. The van der Waals surface area contributed by atoms with E-state index in [-0.39, 0.29) is 24.0 Å². The van der Waals surface area contributed by atoms with E-state index >= 15 is 0 Å². The Kier molecular flexibility index (Phi) is 9.39. The van der Waals surface area contributed by atoms with Gasteiger partial charge in [0.25, 0.3) is 0 Å². The van der Waals surface area contributed by atoms with E-state index in [1.54, 1.807) is 0 Å². The number of guanidine groups is 1. The van der Waals surface area contributed by atoms with Crippen LogP contribution in [0.5, 0.6) is 0 Å². The molecule has 2 N–H and O–H groups in total. The largest absolute Gasteiger partial charge is 0.357 e. The van der Waals surface area contributed by atoms with Crippen LogP contribution in [0.25, 0.3) is 0 Å². The van der Waals surface area contributed by atoms with Gasteiger partial charge in [-0.15, -0.1) is 24.0 Å². The summed E-state index contributed by atoms with van der Waals surface area (Å²) in [6, 6.07) is 9.16. The molecule has 27 heavy (non-hydrogen) atoms. The Morgan fingerprint density at radius 1 is 1.30 bits per heavy atom. The van der Waals surface area contributed by atoms with Gasteiger partial charge in [0, 0.05) is 30.2 Å². The van der Waals surface area contributed by atoms with Crippen LogP contribution < -0.4 is 10.6 Å². The number of halogens is 2. The van der Waals surface area contributed by atoms with E-state index in [0.29, 0.717) is 18.0 Å². The molecule has 0 saturated carbocycles. The minimum atomic E-state index is 0. The predicted molar refractivity (Wildman–Crippen MR) is 126 cm³/mol. The zero-order chi connectivity index (χ0) is 18.4. The van der Waals surface area contributed by atoms with Gasteiger partial charge in [-0.3, -0.25) is 9.89 Å². The highest BCUT2D eigenvalue weighted by atomic mass is 127. The Balaban J connectivity index is 0.00000261. The van der Waals surface area contributed by atoms with E-state index in [1.165, 1.54) is 18.4 Å². The molecule has 0 amide bonds. The average Bonchev–Trinajstić information content (AvgIpc) is 3.13. The Morgan fingerprint density at radius 3 is 2.78 bits per heavy atom. The second-order valence-electron chi connectivity index (χ2n) is 7.39. The number of hydrogen-bond donors (Lipinski definition) is 2. The minimum absolute atomic E-state index is 0. The summed E-state index contributed by atoms with van der Waals surface area (Å²) in [5.74, 6) is 1.45. The summed E-state index contributed by atoms with van der Waals surface area (Å²) in [5, 5.41) is 7.79. The zero-order valence-corrected chi connectivity index (χ0v) is 19.4. The van der Waals surface area contributed by atoms with Crippen molar-refractivity contribution in [2.24, 2.45) is 10.9 Å². The van der Waals surface area contributed by atoms with Crippen molar-refractivity contribution in [1.29, 1.82) is 0 Å². The number of piperidine rings is 1. The summed E-state index contributed by atoms with van der Waals surface area (Å²) in [5.41, 5.74) is 1.30. The van der Waals surface area contributed by atoms with Crippen molar-refractivity contribution in [1.82, 2.24) is 15.5 Å². The van der Waals surface area contributed by atoms with Crippen LogP contribution in [0.15, 0.2) is 41.4 Å². The molecule has 150 valence electrons. The van der Waals surface area contributed by atoms with E-state index in [1.807, 2.05) is 6.07 Å². The van der Waals surface area contributed by atoms with Crippen molar-refractivity contribution in [3.05, 3.63) is 47.0 Å². The van der Waals surface area contributed by atoms with Crippen molar-refractivity contribution in [3.8, 4) is 0 Å². The molecule has 4 nitrogen and oxygen atoms in total. The number of hydrogen-bond acceptors (Lipinski definition) is 2. The fourth-order valence-corrected chi connectivity index (χ4v) is 4.32. The van der Waals surface area contributed by atoms with Crippen molar-refractivity contribution < 1.29 is 0 Å². The van der Waals surface area contributed by atoms with Gasteiger partial charge in [0.05, 0.1) is 0 Å². The molecule has 6 heteroatoms. The van der Waals surface area contributed by atoms with Gasteiger partial charge in [-0.2, -0.15) is 0 Å². The molecule has 1 fully saturated rings. The second-order valence-corrected chi connectivity index (χ2v) is 7.82. The zero-order valence-electron chi connectivity index (χ0n) is 16.3. The molecule has 1 aromatic rings. The van der Waals surface area contributed by atoms with Crippen LogP contribution in [0.2, 0.25) is 5.02 Å². The Morgan fingerprint density at radius 2 is 2.07 bits per heavy atom. The van der Waals surface area contributed by atoms with Crippen LogP contribution in [0, 0.1) is 5.92 Å². The highest BCUT2D eigenvalue weighted by molar-refractivity contribution is 14.0. The van der Waals surface area contributed by atoms with Gasteiger partial charge in [0.1, 0.15) is 0 Å². The van der Waals surface area contributed by atoms with Crippen molar-refractivity contribution in [2.75, 3.05) is 26.7 Å². The first-order chi connectivity index (χ1) is 12.7. The van der Waals surface area contributed by atoms with Crippen LogP contribution in [0.4, 0.5) is 0 Å². The first kappa shape index (κ1) is 22.5. The molecular formula is C21H32ClIN4. The molecule has 1 aliphatic carbocycles. The van der Waals surface area contributed by atoms with Crippen LogP contribution in [-0.2, 0) is 0 Å². The molecule has 2 unspecified atom stereocenters. The molecule has 1 aromatic carbocycles. The van der Waals surface area contributed by atoms with Gasteiger partial charge in [0.15, 0.2) is 5.96 Å². The first-order valence-electron chi connectivity index (χ1n) is 9.83. The molecule has 3 rings (SSSR count). The predicted octanol–water partition coefficient (Wildman–Crippen LogP) is 4.61. The standard InChI is InChI=1S/C21H31ClN4.HI/c1-3-23-21(25-19-11-4-5-12-19)24-15-17-9-7-13-26(2)20(17)16-8-6-10-18(22)14-16;/h4-6,8,10,14,17,19-20H,3,7,9,11-13,15H2,1-2H3,(H2,23,24,25);1H. The topological polar surface area (TPSA) is 39.7 Å². The van der Waals surface area contributed by atoms with E-state index in [9.17, 15) is 0 Å².